The van der Waals surface area contributed by atoms with Gasteiger partial charge in [0.25, 0.3) is 5.56 Å². The molecule has 0 radical (unpaired) electrons. The Labute approximate surface area is 167 Å². The van der Waals surface area contributed by atoms with E-state index in [1.54, 1.807) is 4.52 Å². The van der Waals surface area contributed by atoms with Crippen molar-refractivity contribution in [3.05, 3.63) is 56.9 Å². The van der Waals surface area contributed by atoms with Gasteiger partial charge < -0.3 is 10.1 Å². The fourth-order valence-electron chi connectivity index (χ4n) is 3.79. The van der Waals surface area contributed by atoms with Crippen LogP contribution in [0.1, 0.15) is 48.8 Å². The first-order chi connectivity index (χ1) is 13.6. The first-order valence-corrected chi connectivity index (χ1v) is 9.94. The highest BCUT2D eigenvalue weighted by Crippen LogP contribution is 2.32. The predicted octanol–water partition coefficient (Wildman–Crippen LogP) is 2.12. The van der Waals surface area contributed by atoms with E-state index in [2.05, 4.69) is 20.3 Å². The Morgan fingerprint density at radius 2 is 1.93 bits per heavy atom. The smallest absolute Gasteiger partial charge is 0.296 e. The largest absolute Gasteiger partial charge is 0.395 e. The fraction of sp³-hybridized carbons (Fsp3) is 0.474. The molecule has 0 amide bonds. The second kappa shape index (κ2) is 8.38. The lowest BCUT2D eigenvalue weighted by Crippen LogP contribution is -2.29. The van der Waals surface area contributed by atoms with Crippen molar-refractivity contribution in [2.45, 2.75) is 44.7 Å². The zero-order valence-electron chi connectivity index (χ0n) is 15.5. The number of nitrogens with zero attached hydrogens (tertiary/aromatic N) is 5. The third kappa shape index (κ3) is 4.09. The predicted molar refractivity (Wildman–Crippen MR) is 105 cm³/mol. The monoisotopic (exact) mass is 402 g/mol. The van der Waals surface area contributed by atoms with Crippen LogP contribution in [-0.2, 0) is 13.1 Å². The highest BCUT2D eigenvalue weighted by molar-refractivity contribution is 6.30. The standard InChI is InChI=1S/C19H23ClN6O2/c20-15-7-5-13(6-8-15)11-25(9-10-27)12-16-21-19(28)18-23-22-17(26(18)24-16)14-3-1-2-4-14/h5-8,14,27H,1-4,9-12H2,(H,21,24,28). The van der Waals surface area contributed by atoms with Crippen molar-refractivity contribution < 1.29 is 5.11 Å². The molecule has 1 aromatic carbocycles. The van der Waals surface area contributed by atoms with Gasteiger partial charge in [-0.1, -0.05) is 36.6 Å². The Balaban J connectivity index is 1.60. The molecule has 8 nitrogen and oxygen atoms in total. The van der Waals surface area contributed by atoms with Crippen LogP contribution in [0, 0.1) is 0 Å². The van der Waals surface area contributed by atoms with Crippen LogP contribution in [0.4, 0.5) is 0 Å². The maximum absolute atomic E-state index is 12.5. The van der Waals surface area contributed by atoms with Crippen molar-refractivity contribution in [2.75, 3.05) is 13.2 Å². The molecule has 0 aliphatic heterocycles. The molecule has 0 saturated heterocycles. The SMILES string of the molecule is O=c1[nH]c(CN(CCO)Cc2ccc(Cl)cc2)nn2c(C3CCCC3)nnc12. The Morgan fingerprint density at radius 3 is 2.64 bits per heavy atom. The molecule has 0 atom stereocenters. The first-order valence-electron chi connectivity index (χ1n) is 9.56. The molecule has 0 unspecified atom stereocenters. The quantitative estimate of drug-likeness (QED) is 0.628. The number of nitrogens with one attached hydrogen (secondary N) is 1. The number of aromatic nitrogens is 5. The molecule has 2 heterocycles. The van der Waals surface area contributed by atoms with Gasteiger partial charge in [-0.05, 0) is 30.5 Å². The molecule has 0 bridgehead atoms. The first kappa shape index (κ1) is 19.0. The normalized spacial score (nSPS) is 15.1. The lowest BCUT2D eigenvalue weighted by Gasteiger charge is -2.20. The molecule has 9 heteroatoms. The highest BCUT2D eigenvalue weighted by atomic mass is 35.5. The van der Waals surface area contributed by atoms with E-state index >= 15 is 0 Å². The van der Waals surface area contributed by atoms with Crippen molar-refractivity contribution in [1.82, 2.24) is 29.7 Å². The molecular formula is C19H23ClN6O2. The van der Waals surface area contributed by atoms with E-state index in [-0.39, 0.29) is 17.8 Å². The summed E-state index contributed by atoms with van der Waals surface area (Å²) in [5.74, 6) is 1.60. The summed E-state index contributed by atoms with van der Waals surface area (Å²) in [5.41, 5.74) is 1.01. The van der Waals surface area contributed by atoms with Crippen LogP contribution in [-0.4, -0.2) is 48.0 Å². The fourth-order valence-corrected chi connectivity index (χ4v) is 3.92. The summed E-state index contributed by atoms with van der Waals surface area (Å²) in [6, 6.07) is 7.57. The van der Waals surface area contributed by atoms with Crippen LogP contribution in [0.5, 0.6) is 0 Å². The molecular weight excluding hydrogens is 380 g/mol. The van der Waals surface area contributed by atoms with E-state index in [0.717, 1.165) is 24.2 Å². The van der Waals surface area contributed by atoms with Crippen LogP contribution >= 0.6 is 11.6 Å². The topological polar surface area (TPSA) is 99.4 Å². The van der Waals surface area contributed by atoms with Gasteiger partial charge in [0.1, 0.15) is 5.82 Å². The minimum Gasteiger partial charge on any atom is -0.395 e. The van der Waals surface area contributed by atoms with Gasteiger partial charge in [0, 0.05) is 24.0 Å². The molecule has 2 N–H and O–H groups in total. The van der Waals surface area contributed by atoms with Crippen LogP contribution in [0.3, 0.4) is 0 Å². The van der Waals surface area contributed by atoms with E-state index in [9.17, 15) is 9.90 Å². The molecule has 2 aromatic heterocycles. The molecule has 1 fully saturated rings. The molecule has 4 rings (SSSR count). The van der Waals surface area contributed by atoms with Crippen molar-refractivity contribution >= 4 is 17.2 Å². The van der Waals surface area contributed by atoms with E-state index in [0.29, 0.717) is 36.4 Å². The average molecular weight is 403 g/mol. The molecule has 1 saturated carbocycles. The van der Waals surface area contributed by atoms with Gasteiger partial charge >= 0.3 is 0 Å². The van der Waals surface area contributed by atoms with Gasteiger partial charge in [0.2, 0.25) is 5.65 Å². The van der Waals surface area contributed by atoms with Crippen LogP contribution in [0.15, 0.2) is 29.1 Å². The maximum atomic E-state index is 12.5. The van der Waals surface area contributed by atoms with Crippen molar-refractivity contribution in [1.29, 1.82) is 0 Å². The number of aliphatic hydroxyl groups is 1. The number of fused-ring (bicyclic) bond motifs is 1. The van der Waals surface area contributed by atoms with Gasteiger partial charge in [-0.15, -0.1) is 15.3 Å². The zero-order valence-corrected chi connectivity index (χ0v) is 16.3. The second-order valence-electron chi connectivity index (χ2n) is 7.24. The Morgan fingerprint density at radius 1 is 1.18 bits per heavy atom. The molecule has 1 aliphatic rings. The van der Waals surface area contributed by atoms with Gasteiger partial charge in [-0.3, -0.25) is 9.69 Å². The Kier molecular flexibility index (Phi) is 5.70. The van der Waals surface area contributed by atoms with E-state index in [1.807, 2.05) is 29.2 Å². The number of benzene rings is 1. The average Bonchev–Trinajstić information content (AvgIpc) is 3.33. The van der Waals surface area contributed by atoms with Gasteiger partial charge in [-0.2, -0.15) is 4.52 Å². The second-order valence-corrected chi connectivity index (χ2v) is 7.67. The number of rotatable bonds is 7. The number of hydrogen-bond donors (Lipinski definition) is 2. The molecule has 148 valence electrons. The third-order valence-corrected chi connectivity index (χ3v) is 5.43. The third-order valence-electron chi connectivity index (χ3n) is 5.18. The van der Waals surface area contributed by atoms with Crippen LogP contribution < -0.4 is 5.56 Å². The Bertz CT molecular complexity index is 994. The lowest BCUT2D eigenvalue weighted by atomic mass is 10.1. The van der Waals surface area contributed by atoms with Crippen LogP contribution in [0.2, 0.25) is 5.02 Å². The van der Waals surface area contributed by atoms with Gasteiger partial charge in [-0.25, -0.2) is 0 Å². The summed E-state index contributed by atoms with van der Waals surface area (Å²) in [6.45, 7) is 1.48. The summed E-state index contributed by atoms with van der Waals surface area (Å²) < 4.78 is 1.60. The number of hydrogen-bond acceptors (Lipinski definition) is 6. The van der Waals surface area contributed by atoms with Crippen molar-refractivity contribution in [3.63, 3.8) is 0 Å². The van der Waals surface area contributed by atoms with Crippen molar-refractivity contribution in [3.8, 4) is 0 Å². The molecule has 28 heavy (non-hydrogen) atoms. The molecule has 0 spiro atoms. The summed E-state index contributed by atoms with van der Waals surface area (Å²) in [7, 11) is 0. The highest BCUT2D eigenvalue weighted by Gasteiger charge is 2.24. The number of aliphatic hydroxyl groups excluding tert-OH is 1. The van der Waals surface area contributed by atoms with E-state index in [1.165, 1.54) is 12.8 Å². The Hall–Kier alpha value is -2.29. The summed E-state index contributed by atoms with van der Waals surface area (Å²) in [6.07, 6.45) is 4.44. The molecule has 3 aromatic rings. The van der Waals surface area contributed by atoms with E-state index in [4.69, 9.17) is 11.6 Å². The number of halogens is 1. The maximum Gasteiger partial charge on any atom is 0.296 e. The number of H-pyrrole nitrogens is 1. The summed E-state index contributed by atoms with van der Waals surface area (Å²) >= 11 is 5.95. The number of aromatic amines is 1. The lowest BCUT2D eigenvalue weighted by molar-refractivity contribution is 0.180. The minimum absolute atomic E-state index is 0.0139. The van der Waals surface area contributed by atoms with Gasteiger partial charge in [0.15, 0.2) is 5.82 Å². The van der Waals surface area contributed by atoms with Gasteiger partial charge in [0.05, 0.1) is 13.2 Å². The summed E-state index contributed by atoms with van der Waals surface area (Å²) in [4.78, 5) is 17.3. The summed E-state index contributed by atoms with van der Waals surface area (Å²) in [5, 5.41) is 23.0. The minimum atomic E-state index is -0.294. The molecule has 1 aliphatic carbocycles. The van der Waals surface area contributed by atoms with Crippen LogP contribution in [0.25, 0.3) is 5.65 Å². The zero-order chi connectivity index (χ0) is 19.5. The van der Waals surface area contributed by atoms with E-state index < -0.39 is 0 Å². The van der Waals surface area contributed by atoms with Crippen molar-refractivity contribution in [2.24, 2.45) is 0 Å².